The number of nitrogens with zero attached hydrogens (tertiary/aromatic N) is 1. The highest BCUT2D eigenvalue weighted by atomic mass is 32.1. The SMILES string of the molecule is c1csc(CNCC2NCC3CCCC32)n1. The number of thiazole rings is 1. The fourth-order valence-electron chi connectivity index (χ4n) is 3.20. The monoisotopic (exact) mass is 237 g/mol. The summed E-state index contributed by atoms with van der Waals surface area (Å²) in [5.41, 5.74) is 0. The van der Waals surface area contributed by atoms with Gasteiger partial charge in [-0.15, -0.1) is 11.3 Å². The van der Waals surface area contributed by atoms with Gasteiger partial charge in [-0.25, -0.2) is 4.98 Å². The number of nitrogens with one attached hydrogen (secondary N) is 2. The van der Waals surface area contributed by atoms with Crippen molar-refractivity contribution in [2.75, 3.05) is 13.1 Å². The molecular formula is C12H19N3S. The molecule has 1 saturated carbocycles. The van der Waals surface area contributed by atoms with Gasteiger partial charge in [-0.2, -0.15) is 0 Å². The second-order valence-electron chi connectivity index (χ2n) is 4.93. The third-order valence-electron chi connectivity index (χ3n) is 4.00. The molecule has 1 aliphatic heterocycles. The predicted octanol–water partition coefficient (Wildman–Crippen LogP) is 1.62. The van der Waals surface area contributed by atoms with Crippen LogP contribution < -0.4 is 10.6 Å². The maximum atomic E-state index is 4.28. The molecule has 1 saturated heterocycles. The van der Waals surface area contributed by atoms with Crippen LogP contribution in [-0.4, -0.2) is 24.1 Å². The summed E-state index contributed by atoms with van der Waals surface area (Å²) in [6.07, 6.45) is 6.20. The molecule has 0 radical (unpaired) electrons. The first-order valence-corrected chi connectivity index (χ1v) is 7.14. The molecule has 2 N–H and O–H groups in total. The molecule has 0 spiro atoms. The number of fused-ring (bicyclic) bond motifs is 1. The Hall–Kier alpha value is -0.450. The Kier molecular flexibility index (Phi) is 3.22. The molecular weight excluding hydrogens is 218 g/mol. The van der Waals surface area contributed by atoms with Crippen LogP contribution in [0, 0.1) is 11.8 Å². The van der Waals surface area contributed by atoms with Crippen molar-refractivity contribution in [2.45, 2.75) is 31.8 Å². The van der Waals surface area contributed by atoms with Crippen LogP contribution in [0.1, 0.15) is 24.3 Å². The van der Waals surface area contributed by atoms with E-state index in [0.717, 1.165) is 24.9 Å². The highest BCUT2D eigenvalue weighted by Gasteiger charge is 2.38. The van der Waals surface area contributed by atoms with Crippen LogP contribution in [-0.2, 0) is 6.54 Å². The van der Waals surface area contributed by atoms with Crippen molar-refractivity contribution < 1.29 is 0 Å². The van der Waals surface area contributed by atoms with E-state index in [4.69, 9.17) is 0 Å². The van der Waals surface area contributed by atoms with Gasteiger partial charge in [0.25, 0.3) is 0 Å². The van der Waals surface area contributed by atoms with E-state index in [9.17, 15) is 0 Å². The summed E-state index contributed by atoms with van der Waals surface area (Å²) in [5, 5.41) is 10.4. The van der Waals surface area contributed by atoms with Gasteiger partial charge in [0.05, 0.1) is 0 Å². The van der Waals surface area contributed by atoms with Crippen LogP contribution in [0.25, 0.3) is 0 Å². The second kappa shape index (κ2) is 4.82. The van der Waals surface area contributed by atoms with E-state index < -0.39 is 0 Å². The highest BCUT2D eigenvalue weighted by Crippen LogP contribution is 2.37. The Bertz CT molecular complexity index is 325. The predicted molar refractivity (Wildman–Crippen MR) is 66.4 cm³/mol. The van der Waals surface area contributed by atoms with Gasteiger partial charge in [-0.05, 0) is 31.2 Å². The highest BCUT2D eigenvalue weighted by molar-refractivity contribution is 7.09. The summed E-state index contributed by atoms with van der Waals surface area (Å²) in [5.74, 6) is 1.90. The molecule has 1 aromatic heterocycles. The fraction of sp³-hybridized carbons (Fsp3) is 0.750. The van der Waals surface area contributed by atoms with E-state index in [1.165, 1.54) is 30.8 Å². The van der Waals surface area contributed by atoms with E-state index in [-0.39, 0.29) is 0 Å². The smallest absolute Gasteiger partial charge is 0.106 e. The third-order valence-corrected chi connectivity index (χ3v) is 4.78. The largest absolute Gasteiger partial charge is 0.312 e. The first-order chi connectivity index (χ1) is 7.93. The summed E-state index contributed by atoms with van der Waals surface area (Å²) in [6.45, 7) is 3.27. The lowest BCUT2D eigenvalue weighted by atomic mass is 9.94. The average molecular weight is 237 g/mol. The zero-order chi connectivity index (χ0) is 10.8. The molecule has 0 amide bonds. The average Bonchev–Trinajstić information content (AvgIpc) is 2.95. The number of hydrogen-bond donors (Lipinski definition) is 2. The zero-order valence-corrected chi connectivity index (χ0v) is 10.3. The van der Waals surface area contributed by atoms with Crippen LogP contribution in [0.4, 0.5) is 0 Å². The van der Waals surface area contributed by atoms with Gasteiger partial charge in [0.15, 0.2) is 0 Å². The van der Waals surface area contributed by atoms with Crippen LogP contribution in [0.5, 0.6) is 0 Å². The van der Waals surface area contributed by atoms with Crippen LogP contribution >= 0.6 is 11.3 Å². The lowest BCUT2D eigenvalue weighted by Crippen LogP contribution is -2.37. The summed E-state index contributed by atoms with van der Waals surface area (Å²) >= 11 is 1.73. The Morgan fingerprint density at radius 2 is 2.50 bits per heavy atom. The standard InChI is InChI=1S/C12H19N3S/c1-2-9-6-15-11(10(9)3-1)7-13-8-12-14-4-5-16-12/h4-5,9-11,13,15H,1-3,6-8H2. The van der Waals surface area contributed by atoms with Crippen molar-refractivity contribution >= 4 is 11.3 Å². The zero-order valence-electron chi connectivity index (χ0n) is 9.48. The summed E-state index contributed by atoms with van der Waals surface area (Å²) < 4.78 is 0. The lowest BCUT2D eigenvalue weighted by molar-refractivity contribution is 0.393. The van der Waals surface area contributed by atoms with Gasteiger partial charge >= 0.3 is 0 Å². The minimum Gasteiger partial charge on any atom is -0.312 e. The van der Waals surface area contributed by atoms with Gasteiger partial charge in [0.1, 0.15) is 5.01 Å². The van der Waals surface area contributed by atoms with E-state index >= 15 is 0 Å². The number of aromatic nitrogens is 1. The minimum atomic E-state index is 0.701. The lowest BCUT2D eigenvalue weighted by Gasteiger charge is -2.18. The molecule has 1 aromatic rings. The fourth-order valence-corrected chi connectivity index (χ4v) is 3.79. The molecule has 2 fully saturated rings. The van der Waals surface area contributed by atoms with E-state index in [1.54, 1.807) is 11.3 Å². The van der Waals surface area contributed by atoms with Gasteiger partial charge in [0, 0.05) is 30.7 Å². The van der Waals surface area contributed by atoms with Crippen molar-refractivity contribution in [3.63, 3.8) is 0 Å². The van der Waals surface area contributed by atoms with Crippen molar-refractivity contribution in [2.24, 2.45) is 11.8 Å². The molecule has 0 bridgehead atoms. The molecule has 0 aromatic carbocycles. The molecule has 3 atom stereocenters. The Morgan fingerprint density at radius 1 is 1.50 bits per heavy atom. The topological polar surface area (TPSA) is 37.0 Å². The summed E-state index contributed by atoms with van der Waals surface area (Å²) in [7, 11) is 0. The van der Waals surface area contributed by atoms with E-state index in [2.05, 4.69) is 15.6 Å². The van der Waals surface area contributed by atoms with Gasteiger partial charge in [-0.3, -0.25) is 0 Å². The third kappa shape index (κ3) is 2.14. The van der Waals surface area contributed by atoms with E-state index in [0.29, 0.717) is 6.04 Å². The summed E-state index contributed by atoms with van der Waals surface area (Å²) in [4.78, 5) is 4.28. The molecule has 88 valence electrons. The first kappa shape index (κ1) is 10.7. The van der Waals surface area contributed by atoms with Crippen molar-refractivity contribution in [3.05, 3.63) is 16.6 Å². The van der Waals surface area contributed by atoms with Crippen molar-refractivity contribution in [3.8, 4) is 0 Å². The summed E-state index contributed by atoms with van der Waals surface area (Å²) in [6, 6.07) is 0.701. The quantitative estimate of drug-likeness (QED) is 0.835. The van der Waals surface area contributed by atoms with Crippen LogP contribution in [0.15, 0.2) is 11.6 Å². The number of hydrogen-bond acceptors (Lipinski definition) is 4. The maximum absolute atomic E-state index is 4.28. The van der Waals surface area contributed by atoms with Crippen LogP contribution in [0.2, 0.25) is 0 Å². The van der Waals surface area contributed by atoms with E-state index in [1.807, 2.05) is 11.6 Å². The molecule has 16 heavy (non-hydrogen) atoms. The second-order valence-corrected chi connectivity index (χ2v) is 5.91. The van der Waals surface area contributed by atoms with Crippen LogP contribution in [0.3, 0.4) is 0 Å². The molecule has 3 nitrogen and oxygen atoms in total. The Labute approximate surface area is 101 Å². The first-order valence-electron chi connectivity index (χ1n) is 6.26. The molecule has 1 aliphatic carbocycles. The molecule has 4 heteroatoms. The van der Waals surface area contributed by atoms with Crippen molar-refractivity contribution in [1.29, 1.82) is 0 Å². The maximum Gasteiger partial charge on any atom is 0.106 e. The van der Waals surface area contributed by atoms with Crippen molar-refractivity contribution in [1.82, 2.24) is 15.6 Å². The van der Waals surface area contributed by atoms with Gasteiger partial charge in [-0.1, -0.05) is 6.42 Å². The molecule has 3 unspecified atom stereocenters. The molecule has 3 rings (SSSR count). The normalized spacial score (nSPS) is 33.1. The minimum absolute atomic E-state index is 0.701. The Balaban J connectivity index is 1.45. The van der Waals surface area contributed by atoms with Gasteiger partial charge < -0.3 is 10.6 Å². The number of rotatable bonds is 4. The molecule has 2 aliphatic rings. The molecule has 2 heterocycles. The van der Waals surface area contributed by atoms with Gasteiger partial charge in [0.2, 0.25) is 0 Å². The Morgan fingerprint density at radius 3 is 3.38 bits per heavy atom.